The van der Waals surface area contributed by atoms with Crippen molar-refractivity contribution in [1.82, 2.24) is 15.1 Å². The van der Waals surface area contributed by atoms with Crippen LogP contribution in [0.25, 0.3) is 0 Å². The molecule has 0 unspecified atom stereocenters. The molecule has 100 valence electrons. The van der Waals surface area contributed by atoms with Crippen LogP contribution in [0.3, 0.4) is 0 Å². The summed E-state index contributed by atoms with van der Waals surface area (Å²) in [6.07, 6.45) is 6.44. The molecule has 1 aliphatic carbocycles. The van der Waals surface area contributed by atoms with Gasteiger partial charge in [0, 0.05) is 23.3 Å². The summed E-state index contributed by atoms with van der Waals surface area (Å²) >= 11 is 7.07. The number of aromatic nitrogens is 2. The average molecular weight is 385 g/mol. The zero-order valence-electron chi connectivity index (χ0n) is 10.4. The standard InChI is InChI=1S/C14H15Br2N3/c15-12-7-18-19(9-12)8-11-2-1-10(5-14(11)16)6-17-13-3-4-13/h1-2,5,7,9,13,17H,3-4,6,8H2. The largest absolute Gasteiger partial charge is 0.310 e. The van der Waals surface area contributed by atoms with Gasteiger partial charge in [0.1, 0.15) is 0 Å². The predicted octanol–water partition coefficient (Wildman–Crippen LogP) is 3.71. The van der Waals surface area contributed by atoms with E-state index in [9.17, 15) is 0 Å². The minimum absolute atomic E-state index is 0.750. The lowest BCUT2D eigenvalue weighted by molar-refractivity contribution is 0.678. The van der Waals surface area contributed by atoms with Crippen LogP contribution in [-0.4, -0.2) is 15.8 Å². The first kappa shape index (κ1) is 13.3. The third kappa shape index (κ3) is 3.68. The van der Waals surface area contributed by atoms with Gasteiger partial charge in [-0.2, -0.15) is 5.10 Å². The fraction of sp³-hybridized carbons (Fsp3) is 0.357. The van der Waals surface area contributed by atoms with E-state index in [4.69, 9.17) is 0 Å². The molecule has 0 amide bonds. The molecule has 0 spiro atoms. The molecule has 1 saturated carbocycles. The number of hydrogen-bond donors (Lipinski definition) is 1. The fourth-order valence-electron chi connectivity index (χ4n) is 1.98. The maximum absolute atomic E-state index is 4.28. The first-order valence-corrected chi connectivity index (χ1v) is 7.98. The number of benzene rings is 1. The minimum atomic E-state index is 0.750. The van der Waals surface area contributed by atoms with Crippen molar-refractivity contribution in [3.63, 3.8) is 0 Å². The van der Waals surface area contributed by atoms with E-state index < -0.39 is 0 Å². The molecule has 1 heterocycles. The van der Waals surface area contributed by atoms with Crippen molar-refractivity contribution in [2.24, 2.45) is 0 Å². The summed E-state index contributed by atoms with van der Waals surface area (Å²) in [5.74, 6) is 0. The highest BCUT2D eigenvalue weighted by atomic mass is 79.9. The van der Waals surface area contributed by atoms with Gasteiger partial charge in [-0.3, -0.25) is 4.68 Å². The van der Waals surface area contributed by atoms with Crippen molar-refractivity contribution >= 4 is 31.9 Å². The second kappa shape index (κ2) is 5.77. The molecule has 3 rings (SSSR count). The van der Waals surface area contributed by atoms with Crippen LogP contribution >= 0.6 is 31.9 Å². The first-order valence-electron chi connectivity index (χ1n) is 6.39. The Morgan fingerprint density at radius 1 is 1.32 bits per heavy atom. The lowest BCUT2D eigenvalue weighted by Crippen LogP contribution is -2.15. The summed E-state index contributed by atoms with van der Waals surface area (Å²) in [7, 11) is 0. The van der Waals surface area contributed by atoms with Crippen molar-refractivity contribution in [3.05, 3.63) is 50.7 Å². The summed E-state index contributed by atoms with van der Waals surface area (Å²) in [4.78, 5) is 0. The van der Waals surface area contributed by atoms with Crippen molar-refractivity contribution in [2.45, 2.75) is 32.0 Å². The smallest absolute Gasteiger partial charge is 0.0670 e. The number of hydrogen-bond acceptors (Lipinski definition) is 2. The van der Waals surface area contributed by atoms with Crippen molar-refractivity contribution in [1.29, 1.82) is 0 Å². The molecule has 0 atom stereocenters. The summed E-state index contributed by atoms with van der Waals surface area (Å²) in [5.41, 5.74) is 2.56. The van der Waals surface area contributed by atoms with Gasteiger partial charge < -0.3 is 5.32 Å². The van der Waals surface area contributed by atoms with Crippen LogP contribution in [0.2, 0.25) is 0 Å². The Balaban J connectivity index is 1.67. The van der Waals surface area contributed by atoms with Gasteiger partial charge >= 0.3 is 0 Å². The molecule has 0 radical (unpaired) electrons. The zero-order valence-corrected chi connectivity index (χ0v) is 13.6. The van der Waals surface area contributed by atoms with Gasteiger partial charge in [0.05, 0.1) is 17.2 Å². The molecule has 1 N–H and O–H groups in total. The van der Waals surface area contributed by atoms with Crippen LogP contribution in [0.5, 0.6) is 0 Å². The molecule has 1 aliphatic rings. The van der Waals surface area contributed by atoms with Crippen LogP contribution < -0.4 is 5.32 Å². The number of nitrogens with one attached hydrogen (secondary N) is 1. The molecule has 1 aromatic carbocycles. The molecule has 5 heteroatoms. The summed E-state index contributed by atoms with van der Waals surface area (Å²) < 4.78 is 4.08. The van der Waals surface area contributed by atoms with Crippen molar-refractivity contribution in [2.75, 3.05) is 0 Å². The summed E-state index contributed by atoms with van der Waals surface area (Å²) in [6, 6.07) is 7.31. The molecule has 0 aliphatic heterocycles. The minimum Gasteiger partial charge on any atom is -0.310 e. The Hall–Kier alpha value is -0.650. The third-order valence-electron chi connectivity index (χ3n) is 3.22. The van der Waals surface area contributed by atoms with E-state index in [1.54, 1.807) is 0 Å². The first-order chi connectivity index (χ1) is 9.20. The highest BCUT2D eigenvalue weighted by molar-refractivity contribution is 9.10. The van der Waals surface area contributed by atoms with E-state index >= 15 is 0 Å². The van der Waals surface area contributed by atoms with E-state index in [1.165, 1.54) is 24.0 Å². The molecule has 1 fully saturated rings. The molecule has 0 saturated heterocycles. The van der Waals surface area contributed by atoms with Gasteiger partial charge in [-0.15, -0.1) is 0 Å². The lowest BCUT2D eigenvalue weighted by atomic mass is 10.1. The molecule has 3 nitrogen and oxygen atoms in total. The SMILES string of the molecule is Brc1cnn(Cc2ccc(CNC3CC3)cc2Br)c1. The van der Waals surface area contributed by atoms with E-state index in [2.05, 4.69) is 60.5 Å². The third-order valence-corrected chi connectivity index (χ3v) is 4.37. The topological polar surface area (TPSA) is 29.9 Å². The van der Waals surface area contributed by atoms with Gasteiger partial charge in [-0.25, -0.2) is 0 Å². The van der Waals surface area contributed by atoms with Gasteiger partial charge in [-0.05, 0) is 46.0 Å². The molecule has 2 aromatic rings. The Morgan fingerprint density at radius 2 is 2.16 bits per heavy atom. The Labute approximate surface area is 129 Å². The van der Waals surface area contributed by atoms with Gasteiger partial charge in [-0.1, -0.05) is 28.1 Å². The molecule has 1 aromatic heterocycles. The normalized spacial score (nSPS) is 14.8. The molecular weight excluding hydrogens is 370 g/mol. The maximum atomic E-state index is 4.28. The number of rotatable bonds is 5. The van der Waals surface area contributed by atoms with Crippen molar-refractivity contribution in [3.8, 4) is 0 Å². The average Bonchev–Trinajstić information content (AvgIpc) is 3.13. The second-order valence-electron chi connectivity index (χ2n) is 4.94. The highest BCUT2D eigenvalue weighted by Crippen LogP contribution is 2.22. The van der Waals surface area contributed by atoms with Crippen LogP contribution in [0.4, 0.5) is 0 Å². The molecular formula is C14H15Br2N3. The predicted molar refractivity (Wildman–Crippen MR) is 83.0 cm³/mol. The summed E-state index contributed by atoms with van der Waals surface area (Å²) in [6.45, 7) is 1.74. The quantitative estimate of drug-likeness (QED) is 0.851. The highest BCUT2D eigenvalue weighted by Gasteiger charge is 2.19. The van der Waals surface area contributed by atoms with Gasteiger partial charge in [0.2, 0.25) is 0 Å². The van der Waals surface area contributed by atoms with Gasteiger partial charge in [0.25, 0.3) is 0 Å². The number of halogens is 2. The molecule has 19 heavy (non-hydrogen) atoms. The second-order valence-corrected chi connectivity index (χ2v) is 6.71. The Kier molecular flexibility index (Phi) is 4.05. The van der Waals surface area contributed by atoms with Crippen molar-refractivity contribution < 1.29 is 0 Å². The zero-order chi connectivity index (χ0) is 13.2. The van der Waals surface area contributed by atoms with Crippen LogP contribution in [-0.2, 0) is 13.1 Å². The lowest BCUT2D eigenvalue weighted by Gasteiger charge is -2.08. The van der Waals surface area contributed by atoms with Crippen LogP contribution in [0.1, 0.15) is 24.0 Å². The van der Waals surface area contributed by atoms with E-state index in [0.717, 1.165) is 28.1 Å². The van der Waals surface area contributed by atoms with E-state index in [0.29, 0.717) is 0 Å². The fourth-order valence-corrected chi connectivity index (χ4v) is 2.86. The number of nitrogens with zero attached hydrogens (tertiary/aromatic N) is 2. The monoisotopic (exact) mass is 383 g/mol. The van der Waals surface area contributed by atoms with Crippen LogP contribution in [0, 0.1) is 0 Å². The Morgan fingerprint density at radius 3 is 2.79 bits per heavy atom. The Bertz CT molecular complexity index is 576. The maximum Gasteiger partial charge on any atom is 0.0670 e. The summed E-state index contributed by atoms with van der Waals surface area (Å²) in [5, 5.41) is 7.81. The van der Waals surface area contributed by atoms with E-state index in [1.807, 2.05) is 17.1 Å². The molecule has 0 bridgehead atoms. The van der Waals surface area contributed by atoms with Gasteiger partial charge in [0.15, 0.2) is 0 Å². The van der Waals surface area contributed by atoms with E-state index in [-0.39, 0.29) is 0 Å². The van der Waals surface area contributed by atoms with Crippen LogP contribution in [0.15, 0.2) is 39.5 Å².